The van der Waals surface area contributed by atoms with Crippen molar-refractivity contribution in [3.8, 4) is 5.75 Å². The Bertz CT molecular complexity index is 528. The fourth-order valence-electron chi connectivity index (χ4n) is 1.91. The van der Waals surface area contributed by atoms with Crippen LogP contribution in [0.3, 0.4) is 0 Å². The summed E-state index contributed by atoms with van der Waals surface area (Å²) in [7, 11) is 0. The van der Waals surface area contributed by atoms with Crippen molar-refractivity contribution >= 4 is 5.57 Å². The molecule has 0 unspecified atom stereocenters. The number of rotatable bonds is 6. The summed E-state index contributed by atoms with van der Waals surface area (Å²) in [5.74, 6) is 0.919. The van der Waals surface area contributed by atoms with E-state index in [9.17, 15) is 0 Å². The van der Waals surface area contributed by atoms with Crippen LogP contribution in [-0.4, -0.2) is 6.61 Å². The van der Waals surface area contributed by atoms with Gasteiger partial charge in [-0.3, -0.25) is 0 Å². The van der Waals surface area contributed by atoms with Crippen LogP contribution < -0.4 is 4.74 Å². The van der Waals surface area contributed by atoms with Crippen molar-refractivity contribution < 1.29 is 4.74 Å². The van der Waals surface area contributed by atoms with E-state index in [1.807, 2.05) is 30.3 Å². The van der Waals surface area contributed by atoms with E-state index in [4.69, 9.17) is 4.74 Å². The Labute approximate surface area is 115 Å². The van der Waals surface area contributed by atoms with Gasteiger partial charge in [0.25, 0.3) is 0 Å². The Kier molecular flexibility index (Phi) is 4.79. The lowest BCUT2D eigenvalue weighted by molar-refractivity contribution is 0.309. The lowest BCUT2D eigenvalue weighted by Crippen LogP contribution is -1.97. The van der Waals surface area contributed by atoms with Gasteiger partial charge in [-0.05, 0) is 35.3 Å². The van der Waals surface area contributed by atoms with Gasteiger partial charge in [-0.25, -0.2) is 0 Å². The molecule has 0 saturated carbocycles. The molecule has 0 fully saturated rings. The van der Waals surface area contributed by atoms with Gasteiger partial charge >= 0.3 is 0 Å². The average Bonchev–Trinajstić information content (AvgIpc) is 2.48. The molecule has 0 aliphatic carbocycles. The van der Waals surface area contributed by atoms with E-state index in [1.165, 1.54) is 0 Å². The molecule has 0 aliphatic heterocycles. The highest BCUT2D eigenvalue weighted by atomic mass is 16.5. The first-order chi connectivity index (χ1) is 9.31. The molecule has 0 N–H and O–H groups in total. The highest BCUT2D eigenvalue weighted by Gasteiger charge is 2.03. The van der Waals surface area contributed by atoms with Gasteiger partial charge in [0.2, 0.25) is 0 Å². The van der Waals surface area contributed by atoms with Crippen molar-refractivity contribution in [1.29, 1.82) is 0 Å². The molecule has 0 spiro atoms. The van der Waals surface area contributed by atoms with Crippen LogP contribution in [0.2, 0.25) is 0 Å². The van der Waals surface area contributed by atoms with Gasteiger partial charge in [0.15, 0.2) is 0 Å². The summed E-state index contributed by atoms with van der Waals surface area (Å²) in [6.07, 6.45) is 2.24. The molecule has 0 heterocycles. The Balaban J connectivity index is 2.12. The monoisotopic (exact) mass is 252 g/mol. The van der Waals surface area contributed by atoms with Gasteiger partial charge in [0.1, 0.15) is 5.75 Å². The lowest BCUT2D eigenvalue weighted by atomic mass is 10.00. The predicted molar refractivity (Wildman–Crippen MR) is 81.4 cm³/mol. The average molecular weight is 252 g/mol. The standard InChI is InChI=1S/C18H20O/c1-3-4-13-19-18-12-8-11-17(14-18)15(2)16-9-6-5-7-10-16/h5-12,14H,2-4,13H2,1H3. The van der Waals surface area contributed by atoms with E-state index >= 15 is 0 Å². The molecule has 0 aromatic heterocycles. The van der Waals surface area contributed by atoms with E-state index in [1.54, 1.807) is 0 Å². The van der Waals surface area contributed by atoms with Crippen molar-refractivity contribution in [2.75, 3.05) is 6.61 Å². The van der Waals surface area contributed by atoms with Crippen molar-refractivity contribution in [2.24, 2.45) is 0 Å². The van der Waals surface area contributed by atoms with Crippen LogP contribution >= 0.6 is 0 Å². The van der Waals surface area contributed by atoms with Gasteiger partial charge in [-0.1, -0.05) is 62.4 Å². The zero-order valence-electron chi connectivity index (χ0n) is 11.4. The van der Waals surface area contributed by atoms with E-state index in [-0.39, 0.29) is 0 Å². The minimum absolute atomic E-state index is 0.776. The molecule has 0 atom stereocenters. The predicted octanol–water partition coefficient (Wildman–Crippen LogP) is 4.93. The lowest BCUT2D eigenvalue weighted by Gasteiger charge is -2.09. The fraction of sp³-hybridized carbons (Fsp3) is 0.222. The molecule has 0 amide bonds. The van der Waals surface area contributed by atoms with Crippen molar-refractivity contribution in [3.63, 3.8) is 0 Å². The molecule has 0 saturated heterocycles. The quantitative estimate of drug-likeness (QED) is 0.662. The maximum Gasteiger partial charge on any atom is 0.119 e. The molecule has 98 valence electrons. The molecular weight excluding hydrogens is 232 g/mol. The SMILES string of the molecule is C=C(c1ccccc1)c1cccc(OCCCC)c1. The molecule has 1 nitrogen and oxygen atoms in total. The van der Waals surface area contributed by atoms with Crippen LogP contribution in [0.4, 0.5) is 0 Å². The molecule has 2 aromatic rings. The Morgan fingerprint density at radius 2 is 1.74 bits per heavy atom. The summed E-state index contributed by atoms with van der Waals surface area (Å²) < 4.78 is 5.73. The number of unbranched alkanes of at least 4 members (excludes halogenated alkanes) is 1. The molecule has 2 rings (SSSR count). The van der Waals surface area contributed by atoms with E-state index in [0.29, 0.717) is 0 Å². The maximum absolute atomic E-state index is 5.73. The molecule has 2 aromatic carbocycles. The number of ether oxygens (including phenoxy) is 1. The summed E-state index contributed by atoms with van der Waals surface area (Å²) in [6.45, 7) is 7.12. The second kappa shape index (κ2) is 6.79. The molecule has 19 heavy (non-hydrogen) atoms. The third-order valence-corrected chi connectivity index (χ3v) is 3.07. The third kappa shape index (κ3) is 3.72. The van der Waals surface area contributed by atoms with Crippen LogP contribution in [0.15, 0.2) is 61.2 Å². The molecule has 0 bridgehead atoms. The summed E-state index contributed by atoms with van der Waals surface area (Å²) in [4.78, 5) is 0. The summed E-state index contributed by atoms with van der Waals surface area (Å²) in [5.41, 5.74) is 3.29. The topological polar surface area (TPSA) is 9.23 Å². The van der Waals surface area contributed by atoms with E-state index in [0.717, 1.165) is 41.9 Å². The third-order valence-electron chi connectivity index (χ3n) is 3.07. The van der Waals surface area contributed by atoms with Gasteiger partial charge in [0.05, 0.1) is 6.61 Å². The second-order valence-corrected chi connectivity index (χ2v) is 4.57. The zero-order valence-corrected chi connectivity index (χ0v) is 11.4. The first kappa shape index (κ1) is 13.4. The largest absolute Gasteiger partial charge is 0.494 e. The van der Waals surface area contributed by atoms with E-state index in [2.05, 4.69) is 37.8 Å². The van der Waals surface area contributed by atoms with Crippen LogP contribution in [0.5, 0.6) is 5.75 Å². The number of hydrogen-bond donors (Lipinski definition) is 0. The minimum Gasteiger partial charge on any atom is -0.494 e. The Morgan fingerprint density at radius 1 is 1.00 bits per heavy atom. The van der Waals surface area contributed by atoms with E-state index < -0.39 is 0 Å². The molecule has 0 aliphatic rings. The highest BCUT2D eigenvalue weighted by molar-refractivity contribution is 5.78. The van der Waals surface area contributed by atoms with Gasteiger partial charge in [-0.15, -0.1) is 0 Å². The first-order valence-electron chi connectivity index (χ1n) is 6.79. The summed E-state index contributed by atoms with van der Waals surface area (Å²) in [6, 6.07) is 18.4. The highest BCUT2D eigenvalue weighted by Crippen LogP contribution is 2.24. The Hall–Kier alpha value is -2.02. The number of hydrogen-bond acceptors (Lipinski definition) is 1. The minimum atomic E-state index is 0.776. The zero-order chi connectivity index (χ0) is 13.5. The molecular formula is C18H20O. The van der Waals surface area contributed by atoms with Gasteiger partial charge in [-0.2, -0.15) is 0 Å². The Morgan fingerprint density at radius 3 is 2.47 bits per heavy atom. The fourth-order valence-corrected chi connectivity index (χ4v) is 1.91. The van der Waals surface area contributed by atoms with Crippen LogP contribution in [0.25, 0.3) is 5.57 Å². The molecule has 0 radical (unpaired) electrons. The summed E-state index contributed by atoms with van der Waals surface area (Å²) >= 11 is 0. The smallest absolute Gasteiger partial charge is 0.119 e. The van der Waals surface area contributed by atoms with Crippen LogP contribution in [0.1, 0.15) is 30.9 Å². The molecule has 1 heteroatoms. The van der Waals surface area contributed by atoms with Crippen LogP contribution in [-0.2, 0) is 0 Å². The normalized spacial score (nSPS) is 10.2. The number of benzene rings is 2. The summed E-state index contributed by atoms with van der Waals surface area (Å²) in [5, 5.41) is 0. The van der Waals surface area contributed by atoms with Gasteiger partial charge in [0, 0.05) is 0 Å². The van der Waals surface area contributed by atoms with Crippen molar-refractivity contribution in [1.82, 2.24) is 0 Å². The van der Waals surface area contributed by atoms with Gasteiger partial charge < -0.3 is 4.74 Å². The first-order valence-corrected chi connectivity index (χ1v) is 6.79. The van der Waals surface area contributed by atoms with Crippen LogP contribution in [0, 0.1) is 0 Å². The second-order valence-electron chi connectivity index (χ2n) is 4.57. The van der Waals surface area contributed by atoms with Crippen molar-refractivity contribution in [3.05, 3.63) is 72.3 Å². The van der Waals surface area contributed by atoms with Crippen molar-refractivity contribution in [2.45, 2.75) is 19.8 Å². The maximum atomic E-state index is 5.73.